The Hall–Kier alpha value is -2.79. The van der Waals surface area contributed by atoms with E-state index in [1.165, 1.54) is 12.1 Å². The van der Waals surface area contributed by atoms with Crippen LogP contribution in [0.2, 0.25) is 0 Å². The van der Waals surface area contributed by atoms with Gasteiger partial charge in [-0.2, -0.15) is 4.98 Å². The summed E-state index contributed by atoms with van der Waals surface area (Å²) < 4.78 is 42.7. The van der Waals surface area contributed by atoms with E-state index in [1.54, 1.807) is 6.07 Å². The number of rotatable bonds is 6. The summed E-state index contributed by atoms with van der Waals surface area (Å²) in [6.45, 7) is 1.30. The molecule has 36 heavy (non-hydrogen) atoms. The van der Waals surface area contributed by atoms with E-state index in [0.717, 1.165) is 16.7 Å². The summed E-state index contributed by atoms with van der Waals surface area (Å²) in [5.41, 5.74) is 1.03. The van der Waals surface area contributed by atoms with Crippen molar-refractivity contribution in [1.82, 2.24) is 15.3 Å². The number of piperidine rings is 1. The van der Waals surface area contributed by atoms with Crippen LogP contribution in [0, 0.1) is 0 Å². The van der Waals surface area contributed by atoms with Crippen molar-refractivity contribution in [1.29, 1.82) is 0 Å². The first-order valence-corrected chi connectivity index (χ1v) is 11.9. The zero-order valence-corrected chi connectivity index (χ0v) is 22.1. The summed E-state index contributed by atoms with van der Waals surface area (Å²) in [5, 5.41) is 3.92. The van der Waals surface area contributed by atoms with E-state index in [2.05, 4.69) is 30.9 Å². The normalized spacial score (nSPS) is 14.3. The topological polar surface area (TPSA) is 70.6 Å². The minimum Gasteiger partial charge on any atom is -0.405 e. The van der Waals surface area contributed by atoms with E-state index >= 15 is 0 Å². The molecule has 1 saturated heterocycles. The minimum absolute atomic E-state index is 0. The smallest absolute Gasteiger partial charge is 0.405 e. The Labute approximate surface area is 221 Å². The van der Waals surface area contributed by atoms with Gasteiger partial charge in [0.15, 0.2) is 0 Å². The van der Waals surface area contributed by atoms with Gasteiger partial charge in [0, 0.05) is 48.6 Å². The van der Waals surface area contributed by atoms with Gasteiger partial charge in [-0.25, -0.2) is 4.98 Å². The second-order valence-electron chi connectivity index (χ2n) is 8.56. The maximum atomic E-state index is 12.7. The first-order valence-electron chi connectivity index (χ1n) is 11.1. The van der Waals surface area contributed by atoms with E-state index in [9.17, 15) is 18.0 Å². The van der Waals surface area contributed by atoms with Crippen molar-refractivity contribution < 1.29 is 22.7 Å². The quantitative estimate of drug-likeness (QED) is 0.432. The van der Waals surface area contributed by atoms with Crippen LogP contribution in [0.5, 0.6) is 5.75 Å². The molecule has 2 heterocycles. The van der Waals surface area contributed by atoms with Crippen molar-refractivity contribution in [3.05, 3.63) is 52.5 Å². The van der Waals surface area contributed by atoms with Crippen LogP contribution in [-0.2, 0) is 11.2 Å². The molecule has 0 unspecified atom stereocenters. The van der Waals surface area contributed by atoms with Crippen LogP contribution in [0.25, 0.3) is 10.9 Å². The van der Waals surface area contributed by atoms with Gasteiger partial charge in [0.25, 0.3) is 0 Å². The van der Waals surface area contributed by atoms with Crippen LogP contribution in [-0.4, -0.2) is 55.5 Å². The molecule has 194 valence electrons. The molecule has 1 fully saturated rings. The highest BCUT2D eigenvalue weighted by Crippen LogP contribution is 2.30. The van der Waals surface area contributed by atoms with Crippen LogP contribution < -0.4 is 19.9 Å². The van der Waals surface area contributed by atoms with E-state index in [0.29, 0.717) is 36.4 Å². The van der Waals surface area contributed by atoms with E-state index < -0.39 is 6.36 Å². The van der Waals surface area contributed by atoms with Crippen molar-refractivity contribution in [2.45, 2.75) is 31.7 Å². The Bertz CT molecular complexity index is 1220. The molecule has 0 spiro atoms. The number of fused-ring (bicyclic) bond motifs is 1. The molecule has 1 amide bonds. The molecule has 0 radical (unpaired) electrons. The molecule has 1 aromatic heterocycles. The van der Waals surface area contributed by atoms with Gasteiger partial charge in [0.05, 0.1) is 11.9 Å². The summed E-state index contributed by atoms with van der Waals surface area (Å²) in [6, 6.07) is 12.0. The number of nitrogens with zero attached hydrogens (tertiary/aromatic N) is 4. The van der Waals surface area contributed by atoms with E-state index in [1.807, 2.05) is 43.3 Å². The third-order valence-electron chi connectivity index (χ3n) is 5.74. The average molecular weight is 589 g/mol. The lowest BCUT2D eigenvalue weighted by molar-refractivity contribution is -0.274. The van der Waals surface area contributed by atoms with Crippen LogP contribution in [0.1, 0.15) is 18.4 Å². The standard InChI is InChI=1S/C24H25BrF3N5O2.ClH/c1-32(2)22-18-5-3-4-6-19(18)30-23(31-22)33-11-9-17(10-12-33)29-21(34)13-15-7-8-16(25)14-20(15)35-24(26,27)28;/h3-8,14,17H,9-13H2,1-2H3,(H,29,34);1H. The predicted octanol–water partition coefficient (Wildman–Crippen LogP) is 5.11. The number of hydrogen-bond donors (Lipinski definition) is 1. The SMILES string of the molecule is CN(C)c1nc(N2CCC(NC(=O)Cc3ccc(Br)cc3OC(F)(F)F)CC2)nc2ccccc12.Cl. The third kappa shape index (κ3) is 6.91. The molecule has 0 aliphatic carbocycles. The maximum Gasteiger partial charge on any atom is 0.573 e. The average Bonchev–Trinajstić information content (AvgIpc) is 2.79. The summed E-state index contributed by atoms with van der Waals surface area (Å²) >= 11 is 3.13. The third-order valence-corrected chi connectivity index (χ3v) is 6.24. The monoisotopic (exact) mass is 587 g/mol. The molecule has 1 aliphatic rings. The molecule has 7 nitrogen and oxygen atoms in total. The second kappa shape index (κ2) is 11.5. The highest BCUT2D eigenvalue weighted by molar-refractivity contribution is 9.10. The Morgan fingerprint density at radius 3 is 2.53 bits per heavy atom. The van der Waals surface area contributed by atoms with Gasteiger partial charge in [0.1, 0.15) is 11.6 Å². The Morgan fingerprint density at radius 2 is 1.86 bits per heavy atom. The van der Waals surface area contributed by atoms with Crippen molar-refractivity contribution in [3.8, 4) is 5.75 Å². The van der Waals surface area contributed by atoms with Crippen molar-refractivity contribution >= 4 is 56.9 Å². The maximum absolute atomic E-state index is 12.7. The van der Waals surface area contributed by atoms with Crippen molar-refractivity contribution in [2.75, 3.05) is 37.0 Å². The fourth-order valence-electron chi connectivity index (χ4n) is 4.10. The fraction of sp³-hybridized carbons (Fsp3) is 0.375. The predicted molar refractivity (Wildman–Crippen MR) is 139 cm³/mol. The van der Waals surface area contributed by atoms with Gasteiger partial charge in [-0.1, -0.05) is 34.1 Å². The number of anilines is 2. The number of nitrogens with one attached hydrogen (secondary N) is 1. The molecule has 2 aromatic carbocycles. The number of halogens is 5. The summed E-state index contributed by atoms with van der Waals surface area (Å²) in [5.74, 6) is 0.741. The lowest BCUT2D eigenvalue weighted by atomic mass is 10.0. The number of hydrogen-bond acceptors (Lipinski definition) is 6. The van der Waals surface area contributed by atoms with Crippen LogP contribution in [0.4, 0.5) is 24.9 Å². The number of carbonyl (C=O) groups excluding carboxylic acids is 1. The summed E-state index contributed by atoms with van der Waals surface area (Å²) in [7, 11) is 3.88. The van der Waals surface area contributed by atoms with E-state index in [-0.39, 0.29) is 42.1 Å². The number of ether oxygens (including phenoxy) is 1. The molecule has 0 atom stereocenters. The molecule has 3 aromatic rings. The number of benzene rings is 2. The van der Waals surface area contributed by atoms with E-state index in [4.69, 9.17) is 9.97 Å². The molecular weight excluding hydrogens is 563 g/mol. The lowest BCUT2D eigenvalue weighted by Gasteiger charge is -2.33. The molecular formula is C24H26BrClF3N5O2. The minimum atomic E-state index is -4.84. The fourth-order valence-corrected chi connectivity index (χ4v) is 4.44. The largest absolute Gasteiger partial charge is 0.573 e. The first-order chi connectivity index (χ1) is 16.6. The number of para-hydroxylation sites is 1. The van der Waals surface area contributed by atoms with Gasteiger partial charge >= 0.3 is 6.36 Å². The van der Waals surface area contributed by atoms with Gasteiger partial charge in [-0.15, -0.1) is 25.6 Å². The number of amides is 1. The Balaban J connectivity index is 0.00000361. The highest BCUT2D eigenvalue weighted by atomic mass is 79.9. The molecule has 4 rings (SSSR count). The van der Waals surface area contributed by atoms with Gasteiger partial charge in [-0.05, 0) is 37.1 Å². The molecule has 1 aliphatic heterocycles. The Kier molecular flexibility index (Phi) is 8.89. The molecule has 12 heteroatoms. The van der Waals surface area contributed by atoms with Crippen LogP contribution >= 0.6 is 28.3 Å². The summed E-state index contributed by atoms with van der Waals surface area (Å²) in [4.78, 5) is 26.1. The van der Waals surface area contributed by atoms with Crippen molar-refractivity contribution in [3.63, 3.8) is 0 Å². The van der Waals surface area contributed by atoms with Gasteiger partial charge < -0.3 is 19.9 Å². The number of alkyl halides is 3. The van der Waals surface area contributed by atoms with Crippen LogP contribution in [0.3, 0.4) is 0 Å². The van der Waals surface area contributed by atoms with Gasteiger partial charge in [-0.3, -0.25) is 4.79 Å². The van der Waals surface area contributed by atoms with Crippen molar-refractivity contribution in [2.24, 2.45) is 0 Å². The second-order valence-corrected chi connectivity index (χ2v) is 9.48. The van der Waals surface area contributed by atoms with Gasteiger partial charge in [0.2, 0.25) is 11.9 Å². The zero-order valence-electron chi connectivity index (χ0n) is 19.7. The zero-order chi connectivity index (χ0) is 25.2. The highest BCUT2D eigenvalue weighted by Gasteiger charge is 2.32. The Morgan fingerprint density at radius 1 is 1.17 bits per heavy atom. The number of aromatic nitrogens is 2. The molecule has 1 N–H and O–H groups in total. The lowest BCUT2D eigenvalue weighted by Crippen LogP contribution is -2.45. The number of carbonyl (C=O) groups is 1. The first kappa shape index (κ1) is 27.8. The summed E-state index contributed by atoms with van der Waals surface area (Å²) in [6.07, 6.45) is -3.70. The van der Waals surface area contributed by atoms with Crippen LogP contribution in [0.15, 0.2) is 46.9 Å². The molecule has 0 bridgehead atoms. The molecule has 0 saturated carbocycles.